The highest BCUT2D eigenvalue weighted by atomic mass is 19.1. The van der Waals surface area contributed by atoms with Gasteiger partial charge < -0.3 is 10.1 Å². The highest BCUT2D eigenvalue weighted by Crippen LogP contribution is 2.39. The van der Waals surface area contributed by atoms with Crippen LogP contribution >= 0.6 is 0 Å². The first-order valence-corrected chi connectivity index (χ1v) is 12.5. The normalized spacial score (nSPS) is 14.3. The van der Waals surface area contributed by atoms with Gasteiger partial charge in [-0.15, -0.1) is 0 Å². The number of aromatic nitrogens is 4. The van der Waals surface area contributed by atoms with Gasteiger partial charge in [0.05, 0.1) is 42.7 Å². The zero-order valence-electron chi connectivity index (χ0n) is 20.8. The topological polar surface area (TPSA) is 74.0 Å². The first-order valence-electron chi connectivity index (χ1n) is 12.5. The number of nitrogens with one attached hydrogen (secondary N) is 1. The summed E-state index contributed by atoms with van der Waals surface area (Å²) in [6.45, 7) is 3.58. The zero-order chi connectivity index (χ0) is 26.1. The van der Waals surface area contributed by atoms with Gasteiger partial charge in [-0.1, -0.05) is 48.5 Å². The summed E-state index contributed by atoms with van der Waals surface area (Å²) in [5.41, 5.74) is 5.31. The molecule has 0 bridgehead atoms. The van der Waals surface area contributed by atoms with Crippen LogP contribution in [0.1, 0.15) is 11.1 Å². The van der Waals surface area contributed by atoms with Gasteiger partial charge in [0.25, 0.3) is 5.56 Å². The molecule has 6 rings (SSSR count). The van der Waals surface area contributed by atoms with Crippen LogP contribution in [0.2, 0.25) is 0 Å². The second kappa shape index (κ2) is 10.1. The van der Waals surface area contributed by atoms with Gasteiger partial charge in [0.1, 0.15) is 17.3 Å². The quantitative estimate of drug-likeness (QED) is 0.327. The third-order valence-electron chi connectivity index (χ3n) is 6.63. The molecule has 1 aliphatic heterocycles. The maximum atomic E-state index is 13.7. The standard InChI is InChI=1S/C30H26FN5O2/c1-20-7-5-6-10-26(20)36-27(37)16-15-25(33-36)28-29(22-11-13-23(31)14-12-22)34-35-17-24(32-30(28)35)19-38-18-21-8-3-2-4-9-21/h2-16,24,32H,17-19H2,1H3/t24-/m1/s1. The second-order valence-electron chi connectivity index (χ2n) is 9.36. The summed E-state index contributed by atoms with van der Waals surface area (Å²) in [5.74, 6) is 0.474. The Morgan fingerprint density at radius 2 is 1.71 bits per heavy atom. The van der Waals surface area contributed by atoms with Crippen LogP contribution in [-0.2, 0) is 17.9 Å². The molecule has 7 nitrogen and oxygen atoms in total. The Kier molecular flexibility index (Phi) is 6.31. The van der Waals surface area contributed by atoms with Crippen molar-refractivity contribution in [3.05, 3.63) is 118 Å². The molecule has 0 saturated heterocycles. The van der Waals surface area contributed by atoms with Crippen molar-refractivity contribution < 1.29 is 9.13 Å². The van der Waals surface area contributed by atoms with Crippen molar-refractivity contribution in [2.24, 2.45) is 0 Å². The molecule has 8 heteroatoms. The predicted octanol–water partition coefficient (Wildman–Crippen LogP) is 5.22. The van der Waals surface area contributed by atoms with E-state index < -0.39 is 0 Å². The Bertz CT molecular complexity index is 1640. The summed E-state index contributed by atoms with van der Waals surface area (Å²) in [4.78, 5) is 12.8. The van der Waals surface area contributed by atoms with Gasteiger partial charge in [0.15, 0.2) is 0 Å². The summed E-state index contributed by atoms with van der Waals surface area (Å²) in [5, 5.41) is 13.2. The number of aryl methyl sites for hydroxylation is 1. The fourth-order valence-electron chi connectivity index (χ4n) is 4.75. The van der Waals surface area contributed by atoms with Crippen molar-refractivity contribution >= 4 is 5.82 Å². The van der Waals surface area contributed by atoms with Crippen LogP contribution in [0.25, 0.3) is 28.2 Å². The van der Waals surface area contributed by atoms with Crippen molar-refractivity contribution in [3.8, 4) is 28.2 Å². The van der Waals surface area contributed by atoms with Gasteiger partial charge in [-0.25, -0.2) is 9.07 Å². The summed E-state index contributed by atoms with van der Waals surface area (Å²) in [7, 11) is 0. The molecule has 2 aromatic heterocycles. The van der Waals surface area contributed by atoms with E-state index in [1.165, 1.54) is 22.9 Å². The number of nitrogens with zero attached hydrogens (tertiary/aromatic N) is 4. The number of hydrogen-bond donors (Lipinski definition) is 1. The SMILES string of the molecule is Cc1ccccc1-n1nc(-c2c(-c3ccc(F)cc3)nn3c2N[C@@H](COCc2ccccc2)C3)ccc1=O. The number of para-hydroxylation sites is 1. The first kappa shape index (κ1) is 23.8. The first-order chi connectivity index (χ1) is 18.6. The second-order valence-corrected chi connectivity index (χ2v) is 9.36. The summed E-state index contributed by atoms with van der Waals surface area (Å²) < 4.78 is 23.0. The molecule has 3 heterocycles. The van der Waals surface area contributed by atoms with Crippen LogP contribution in [0.5, 0.6) is 0 Å². The molecule has 0 radical (unpaired) electrons. The van der Waals surface area contributed by atoms with Crippen molar-refractivity contribution in [3.63, 3.8) is 0 Å². The zero-order valence-corrected chi connectivity index (χ0v) is 20.8. The summed E-state index contributed by atoms with van der Waals surface area (Å²) in [6, 6.07) is 27.2. The molecule has 0 unspecified atom stereocenters. The lowest BCUT2D eigenvalue weighted by Crippen LogP contribution is -2.24. The average molecular weight is 508 g/mol. The Morgan fingerprint density at radius 1 is 0.947 bits per heavy atom. The lowest BCUT2D eigenvalue weighted by Gasteiger charge is -2.14. The molecule has 3 aromatic carbocycles. The highest BCUT2D eigenvalue weighted by molar-refractivity contribution is 5.88. The third-order valence-corrected chi connectivity index (χ3v) is 6.63. The van der Waals surface area contributed by atoms with Crippen LogP contribution in [-0.4, -0.2) is 32.2 Å². The molecule has 0 spiro atoms. The number of benzene rings is 3. The van der Waals surface area contributed by atoms with Gasteiger partial charge in [0, 0.05) is 11.6 Å². The number of rotatable bonds is 7. The lowest BCUT2D eigenvalue weighted by atomic mass is 10.0. The number of anilines is 1. The van der Waals surface area contributed by atoms with E-state index in [1.807, 2.05) is 66.2 Å². The number of ether oxygens (including phenoxy) is 1. The Labute approximate surface area is 219 Å². The maximum absolute atomic E-state index is 13.7. The van der Waals surface area contributed by atoms with E-state index in [-0.39, 0.29) is 17.4 Å². The molecule has 38 heavy (non-hydrogen) atoms. The van der Waals surface area contributed by atoms with Gasteiger partial charge in [-0.05, 0) is 54.4 Å². The van der Waals surface area contributed by atoms with E-state index in [0.29, 0.717) is 36.8 Å². The van der Waals surface area contributed by atoms with E-state index >= 15 is 0 Å². The van der Waals surface area contributed by atoms with Crippen molar-refractivity contribution in [2.75, 3.05) is 11.9 Å². The molecule has 190 valence electrons. The fourth-order valence-corrected chi connectivity index (χ4v) is 4.75. The van der Waals surface area contributed by atoms with Crippen molar-refractivity contribution in [1.82, 2.24) is 19.6 Å². The lowest BCUT2D eigenvalue weighted by molar-refractivity contribution is 0.110. The molecule has 0 saturated carbocycles. The average Bonchev–Trinajstić information content (AvgIpc) is 3.48. The van der Waals surface area contributed by atoms with E-state index in [4.69, 9.17) is 14.9 Å². The van der Waals surface area contributed by atoms with Gasteiger partial charge in [-0.3, -0.25) is 4.79 Å². The Morgan fingerprint density at radius 3 is 2.50 bits per heavy atom. The van der Waals surface area contributed by atoms with Crippen LogP contribution in [0.15, 0.2) is 95.8 Å². The van der Waals surface area contributed by atoms with Gasteiger partial charge in [-0.2, -0.15) is 14.9 Å². The molecule has 1 aliphatic rings. The molecule has 5 aromatic rings. The van der Waals surface area contributed by atoms with Gasteiger partial charge >= 0.3 is 0 Å². The third kappa shape index (κ3) is 4.62. The Balaban J connectivity index is 1.36. The summed E-state index contributed by atoms with van der Waals surface area (Å²) in [6.07, 6.45) is 0. The minimum absolute atomic E-state index is 0.0181. The minimum Gasteiger partial charge on any atom is -0.375 e. The predicted molar refractivity (Wildman–Crippen MR) is 145 cm³/mol. The molecule has 1 N–H and O–H groups in total. The van der Waals surface area contributed by atoms with E-state index in [9.17, 15) is 9.18 Å². The van der Waals surface area contributed by atoms with E-state index in [2.05, 4.69) is 5.32 Å². The number of fused-ring (bicyclic) bond motifs is 1. The summed E-state index contributed by atoms with van der Waals surface area (Å²) >= 11 is 0. The molecular formula is C30H26FN5O2. The van der Waals surface area contributed by atoms with Crippen LogP contribution in [0, 0.1) is 12.7 Å². The largest absolute Gasteiger partial charge is 0.375 e. The van der Waals surface area contributed by atoms with E-state index in [1.54, 1.807) is 18.2 Å². The monoisotopic (exact) mass is 507 g/mol. The Hall–Kier alpha value is -4.56. The molecule has 0 fully saturated rings. The van der Waals surface area contributed by atoms with Crippen molar-refractivity contribution in [2.45, 2.75) is 26.1 Å². The van der Waals surface area contributed by atoms with Crippen molar-refractivity contribution in [1.29, 1.82) is 0 Å². The highest BCUT2D eigenvalue weighted by Gasteiger charge is 2.30. The smallest absolute Gasteiger partial charge is 0.271 e. The molecule has 1 atom stereocenters. The maximum Gasteiger partial charge on any atom is 0.271 e. The van der Waals surface area contributed by atoms with Crippen LogP contribution in [0.3, 0.4) is 0 Å². The van der Waals surface area contributed by atoms with Gasteiger partial charge in [0.2, 0.25) is 0 Å². The molecule has 0 aliphatic carbocycles. The fraction of sp³-hybridized carbons (Fsp3) is 0.167. The molecule has 0 amide bonds. The molecular weight excluding hydrogens is 481 g/mol. The van der Waals surface area contributed by atoms with E-state index in [0.717, 1.165) is 28.1 Å². The minimum atomic E-state index is -0.318. The number of hydrogen-bond acceptors (Lipinski definition) is 5. The van der Waals surface area contributed by atoms with Crippen LogP contribution < -0.4 is 10.9 Å². The number of halogens is 1. The van der Waals surface area contributed by atoms with Crippen LogP contribution in [0.4, 0.5) is 10.2 Å².